The Bertz CT molecular complexity index is 708. The molecule has 0 bridgehead atoms. The summed E-state index contributed by atoms with van der Waals surface area (Å²) >= 11 is 0. The number of aromatic nitrogens is 3. The predicted molar refractivity (Wildman–Crippen MR) is 94.9 cm³/mol. The highest BCUT2D eigenvalue weighted by Gasteiger charge is 2.30. The zero-order valence-electron chi connectivity index (χ0n) is 14.5. The van der Waals surface area contributed by atoms with Gasteiger partial charge in [-0.2, -0.15) is 5.10 Å². The molecule has 6 heteroatoms. The van der Waals surface area contributed by atoms with Crippen molar-refractivity contribution in [2.24, 2.45) is 0 Å². The van der Waals surface area contributed by atoms with Gasteiger partial charge in [0.05, 0.1) is 6.54 Å². The first-order valence-corrected chi connectivity index (χ1v) is 9.28. The molecule has 2 atom stereocenters. The minimum absolute atomic E-state index is 0.204. The fraction of sp³-hybridized carbons (Fsp3) is 0.526. The number of fused-ring (bicyclic) bond motifs is 1. The number of amides is 1. The molecule has 1 N–H and O–H groups in total. The summed E-state index contributed by atoms with van der Waals surface area (Å²) in [7, 11) is 0. The van der Waals surface area contributed by atoms with Crippen molar-refractivity contribution in [3.8, 4) is 0 Å². The molecule has 2 aromatic rings. The van der Waals surface area contributed by atoms with Gasteiger partial charge in [0.25, 0.3) is 0 Å². The van der Waals surface area contributed by atoms with Crippen LogP contribution in [0.2, 0.25) is 0 Å². The van der Waals surface area contributed by atoms with Crippen molar-refractivity contribution >= 4 is 5.91 Å². The van der Waals surface area contributed by atoms with Gasteiger partial charge in [-0.25, -0.2) is 9.67 Å². The fourth-order valence-electron chi connectivity index (χ4n) is 3.86. The van der Waals surface area contributed by atoms with Gasteiger partial charge in [0.2, 0.25) is 5.91 Å². The summed E-state index contributed by atoms with van der Waals surface area (Å²) in [4.78, 5) is 19.5. The van der Waals surface area contributed by atoms with E-state index in [9.17, 15) is 4.79 Å². The number of piperidine rings is 1. The summed E-state index contributed by atoms with van der Waals surface area (Å²) in [6.07, 6.45) is 6.95. The number of likely N-dealkylation sites (tertiary alicyclic amines) is 1. The number of aryl methyl sites for hydroxylation is 1. The van der Waals surface area contributed by atoms with E-state index in [0.29, 0.717) is 0 Å². The fourth-order valence-corrected chi connectivity index (χ4v) is 3.86. The molecule has 1 aromatic carbocycles. The molecule has 25 heavy (non-hydrogen) atoms. The lowest BCUT2D eigenvalue weighted by Gasteiger charge is -2.34. The van der Waals surface area contributed by atoms with Gasteiger partial charge in [0.1, 0.15) is 18.2 Å². The second-order valence-electron chi connectivity index (χ2n) is 6.99. The van der Waals surface area contributed by atoms with Gasteiger partial charge in [0.15, 0.2) is 0 Å². The summed E-state index contributed by atoms with van der Waals surface area (Å²) in [6.45, 7) is 2.52. The Morgan fingerprint density at radius 2 is 1.96 bits per heavy atom. The lowest BCUT2D eigenvalue weighted by molar-refractivity contribution is -0.134. The Kier molecular flexibility index (Phi) is 4.78. The van der Waals surface area contributed by atoms with Crippen LogP contribution in [0.5, 0.6) is 0 Å². The highest BCUT2D eigenvalue weighted by Crippen LogP contribution is 2.22. The Morgan fingerprint density at radius 3 is 2.76 bits per heavy atom. The number of nitrogens with one attached hydrogen (secondary N) is 1. The van der Waals surface area contributed by atoms with E-state index in [1.807, 2.05) is 39.9 Å². The molecule has 0 spiro atoms. The van der Waals surface area contributed by atoms with E-state index >= 15 is 0 Å². The van der Waals surface area contributed by atoms with Crippen molar-refractivity contribution in [3.63, 3.8) is 0 Å². The molecule has 1 fully saturated rings. The molecule has 0 saturated carbocycles. The first-order valence-electron chi connectivity index (χ1n) is 9.28. The smallest absolute Gasteiger partial charge is 0.244 e. The highest BCUT2D eigenvalue weighted by atomic mass is 16.2. The van der Waals surface area contributed by atoms with Crippen LogP contribution in [0.3, 0.4) is 0 Å². The van der Waals surface area contributed by atoms with Crippen LogP contribution in [-0.4, -0.2) is 44.7 Å². The average molecular weight is 339 g/mol. The summed E-state index contributed by atoms with van der Waals surface area (Å²) < 4.78 is 1.95. The Balaban J connectivity index is 1.52. The average Bonchev–Trinajstić information content (AvgIpc) is 3.15. The summed E-state index contributed by atoms with van der Waals surface area (Å²) in [5, 5.41) is 7.91. The molecule has 4 rings (SSSR count). The standard InChI is InChI=1S/C19H25N5O/c25-19(23-11-5-2-6-12-23)18(15-7-3-1-4-8-15)22-16-9-10-17-20-14-21-24(17)13-16/h1,3-4,7-8,14,16,18,22H,2,5-6,9-13H2. The van der Waals surface area contributed by atoms with E-state index in [0.717, 1.165) is 56.7 Å². The zero-order chi connectivity index (χ0) is 17.1. The zero-order valence-corrected chi connectivity index (χ0v) is 14.5. The highest BCUT2D eigenvalue weighted by molar-refractivity contribution is 5.83. The van der Waals surface area contributed by atoms with Crippen molar-refractivity contribution in [1.82, 2.24) is 25.0 Å². The molecule has 1 aromatic heterocycles. The number of carbonyl (C=O) groups is 1. The lowest BCUT2D eigenvalue weighted by Crippen LogP contribution is -2.48. The molecule has 2 unspecified atom stereocenters. The lowest BCUT2D eigenvalue weighted by atomic mass is 10.00. The molecule has 0 aliphatic carbocycles. The quantitative estimate of drug-likeness (QED) is 0.925. The monoisotopic (exact) mass is 339 g/mol. The summed E-state index contributed by atoms with van der Waals surface area (Å²) in [5.41, 5.74) is 1.04. The van der Waals surface area contributed by atoms with Gasteiger partial charge >= 0.3 is 0 Å². The number of benzene rings is 1. The first-order chi connectivity index (χ1) is 12.3. The Hall–Kier alpha value is -2.21. The van der Waals surface area contributed by atoms with Crippen molar-refractivity contribution < 1.29 is 4.79 Å². The molecule has 2 aliphatic rings. The molecule has 6 nitrogen and oxygen atoms in total. The van der Waals surface area contributed by atoms with Gasteiger partial charge in [-0.05, 0) is 31.2 Å². The van der Waals surface area contributed by atoms with E-state index in [1.54, 1.807) is 6.33 Å². The van der Waals surface area contributed by atoms with Crippen LogP contribution in [0.1, 0.15) is 43.1 Å². The molecule has 132 valence electrons. The van der Waals surface area contributed by atoms with Gasteiger partial charge in [-0.1, -0.05) is 30.3 Å². The number of hydrogen-bond donors (Lipinski definition) is 1. The molecule has 0 radical (unpaired) electrons. The van der Waals surface area contributed by atoms with Crippen LogP contribution in [0, 0.1) is 0 Å². The number of rotatable bonds is 4. The topological polar surface area (TPSA) is 63.1 Å². The third-order valence-electron chi connectivity index (χ3n) is 5.26. The maximum atomic E-state index is 13.2. The molecule has 2 aliphatic heterocycles. The van der Waals surface area contributed by atoms with Crippen LogP contribution < -0.4 is 5.32 Å². The second kappa shape index (κ2) is 7.35. The SMILES string of the molecule is O=C(C(NC1CCc2ncnn2C1)c1ccccc1)N1CCCCC1. The normalized spacial score (nSPS) is 21.6. The molecule has 3 heterocycles. The Labute approximate surface area is 148 Å². The minimum Gasteiger partial charge on any atom is -0.341 e. The van der Waals surface area contributed by atoms with Crippen LogP contribution >= 0.6 is 0 Å². The third-order valence-corrected chi connectivity index (χ3v) is 5.26. The first kappa shape index (κ1) is 16.3. The molecular weight excluding hydrogens is 314 g/mol. The van der Waals surface area contributed by atoms with Crippen molar-refractivity contribution in [2.75, 3.05) is 13.1 Å². The summed E-state index contributed by atoms with van der Waals surface area (Å²) in [6, 6.07) is 10.0. The van der Waals surface area contributed by atoms with E-state index < -0.39 is 0 Å². The second-order valence-corrected chi connectivity index (χ2v) is 6.99. The van der Waals surface area contributed by atoms with E-state index in [1.165, 1.54) is 6.42 Å². The molecule has 1 amide bonds. The van der Waals surface area contributed by atoms with E-state index in [2.05, 4.69) is 15.4 Å². The van der Waals surface area contributed by atoms with Crippen LogP contribution in [0.15, 0.2) is 36.7 Å². The largest absolute Gasteiger partial charge is 0.341 e. The number of nitrogens with zero attached hydrogens (tertiary/aromatic N) is 4. The molecule has 1 saturated heterocycles. The van der Waals surface area contributed by atoms with Gasteiger partial charge in [0, 0.05) is 25.6 Å². The number of hydrogen-bond acceptors (Lipinski definition) is 4. The van der Waals surface area contributed by atoms with Crippen molar-refractivity contribution in [1.29, 1.82) is 0 Å². The molecular formula is C19H25N5O. The van der Waals surface area contributed by atoms with Gasteiger partial charge < -0.3 is 4.90 Å². The summed E-state index contributed by atoms with van der Waals surface area (Å²) in [5.74, 6) is 1.24. The maximum Gasteiger partial charge on any atom is 0.244 e. The van der Waals surface area contributed by atoms with Crippen LogP contribution in [-0.2, 0) is 17.8 Å². The van der Waals surface area contributed by atoms with Crippen molar-refractivity contribution in [2.45, 2.75) is 50.7 Å². The van der Waals surface area contributed by atoms with Crippen LogP contribution in [0.25, 0.3) is 0 Å². The van der Waals surface area contributed by atoms with Crippen molar-refractivity contribution in [3.05, 3.63) is 48.0 Å². The van der Waals surface area contributed by atoms with E-state index in [-0.39, 0.29) is 18.0 Å². The number of carbonyl (C=O) groups excluding carboxylic acids is 1. The predicted octanol–water partition coefficient (Wildman–Crippen LogP) is 1.94. The van der Waals surface area contributed by atoms with Gasteiger partial charge in [-0.15, -0.1) is 0 Å². The Morgan fingerprint density at radius 1 is 1.16 bits per heavy atom. The maximum absolute atomic E-state index is 13.2. The van der Waals surface area contributed by atoms with Gasteiger partial charge in [-0.3, -0.25) is 10.1 Å². The van der Waals surface area contributed by atoms with E-state index in [4.69, 9.17) is 0 Å². The third kappa shape index (κ3) is 3.58. The van der Waals surface area contributed by atoms with Crippen LogP contribution in [0.4, 0.5) is 0 Å². The minimum atomic E-state index is -0.283.